The number of hydrogen-bond donors (Lipinski definition) is 1. The second-order valence-corrected chi connectivity index (χ2v) is 3.08. The molecule has 0 aliphatic heterocycles. The lowest BCUT2D eigenvalue weighted by Gasteiger charge is -2.09. The largest absolute Gasteiger partial charge is 0.573 e. The van der Waals surface area contributed by atoms with Crippen LogP contribution in [-0.4, -0.2) is 11.5 Å². The van der Waals surface area contributed by atoms with Crippen LogP contribution in [0.4, 0.5) is 13.2 Å². The number of aromatic hydroxyl groups is 1. The molecule has 0 aliphatic carbocycles. The molecular formula is C7H5Br2F3O2. The van der Waals surface area contributed by atoms with Crippen LogP contribution in [-0.2, 0) is 0 Å². The fourth-order valence-electron chi connectivity index (χ4n) is 0.694. The maximum Gasteiger partial charge on any atom is 0.573 e. The maximum atomic E-state index is 11.7. The summed E-state index contributed by atoms with van der Waals surface area (Å²) in [6.07, 6.45) is -4.79. The van der Waals surface area contributed by atoms with E-state index in [0.29, 0.717) is 4.47 Å². The van der Waals surface area contributed by atoms with Crippen molar-refractivity contribution in [1.82, 2.24) is 0 Å². The zero-order chi connectivity index (χ0) is 10.1. The molecule has 1 aromatic rings. The van der Waals surface area contributed by atoms with Crippen molar-refractivity contribution in [3.8, 4) is 11.5 Å². The summed E-state index contributed by atoms with van der Waals surface area (Å²) in [4.78, 5) is 0. The Bertz CT molecular complexity index is 314. The normalized spacial score (nSPS) is 10.6. The van der Waals surface area contributed by atoms with E-state index in [9.17, 15) is 13.2 Å². The minimum atomic E-state index is -4.79. The molecular weight excluding hydrogens is 333 g/mol. The fraction of sp³-hybridized carbons (Fsp3) is 0.143. The van der Waals surface area contributed by atoms with Crippen LogP contribution in [0.1, 0.15) is 0 Å². The lowest BCUT2D eigenvalue weighted by atomic mass is 10.3. The third-order valence-corrected chi connectivity index (χ3v) is 1.64. The Kier molecular flexibility index (Phi) is 4.73. The van der Waals surface area contributed by atoms with Gasteiger partial charge in [0.15, 0.2) is 11.5 Å². The van der Waals surface area contributed by atoms with Gasteiger partial charge in [0.2, 0.25) is 0 Å². The van der Waals surface area contributed by atoms with Crippen molar-refractivity contribution in [2.24, 2.45) is 0 Å². The van der Waals surface area contributed by atoms with E-state index >= 15 is 0 Å². The van der Waals surface area contributed by atoms with Gasteiger partial charge in [-0.2, -0.15) is 0 Å². The topological polar surface area (TPSA) is 29.5 Å². The first kappa shape index (κ1) is 13.6. The molecule has 0 saturated carbocycles. The molecule has 0 amide bonds. The molecule has 0 atom stereocenters. The number of halogens is 5. The van der Waals surface area contributed by atoms with Gasteiger partial charge in [-0.3, -0.25) is 0 Å². The highest BCUT2D eigenvalue weighted by atomic mass is 79.9. The Hall–Kier alpha value is -0.430. The Morgan fingerprint density at radius 3 is 2.36 bits per heavy atom. The van der Waals surface area contributed by atoms with Crippen LogP contribution in [0.2, 0.25) is 0 Å². The zero-order valence-electron chi connectivity index (χ0n) is 6.51. The predicted octanol–water partition coefficient (Wildman–Crippen LogP) is 3.63. The highest BCUT2D eigenvalue weighted by Crippen LogP contribution is 2.33. The van der Waals surface area contributed by atoms with Gasteiger partial charge in [0.1, 0.15) is 0 Å². The summed E-state index contributed by atoms with van der Waals surface area (Å²) in [7, 11) is 0. The molecule has 0 heterocycles. The molecule has 0 spiro atoms. The van der Waals surface area contributed by atoms with Crippen molar-refractivity contribution in [3.05, 3.63) is 22.7 Å². The molecule has 7 heteroatoms. The number of ether oxygens (including phenoxy) is 1. The molecule has 80 valence electrons. The summed E-state index contributed by atoms with van der Waals surface area (Å²) in [5.41, 5.74) is 0. The van der Waals surface area contributed by atoms with E-state index in [-0.39, 0.29) is 17.0 Å². The number of hydrogen-bond acceptors (Lipinski definition) is 2. The Labute approximate surface area is 96.6 Å². The van der Waals surface area contributed by atoms with Gasteiger partial charge >= 0.3 is 6.36 Å². The monoisotopic (exact) mass is 336 g/mol. The lowest BCUT2D eigenvalue weighted by molar-refractivity contribution is -0.275. The molecule has 1 N–H and O–H groups in total. The van der Waals surface area contributed by atoms with Crippen molar-refractivity contribution in [3.63, 3.8) is 0 Å². The van der Waals surface area contributed by atoms with E-state index in [1.54, 1.807) is 0 Å². The van der Waals surface area contributed by atoms with E-state index in [1.807, 2.05) is 0 Å². The van der Waals surface area contributed by atoms with Crippen molar-refractivity contribution in [2.75, 3.05) is 0 Å². The van der Waals surface area contributed by atoms with E-state index in [2.05, 4.69) is 20.7 Å². The van der Waals surface area contributed by atoms with Crippen LogP contribution in [0.5, 0.6) is 11.5 Å². The van der Waals surface area contributed by atoms with Crippen LogP contribution in [0.25, 0.3) is 0 Å². The summed E-state index contributed by atoms with van der Waals surface area (Å²) in [6.45, 7) is 0. The first-order valence-corrected chi connectivity index (χ1v) is 3.92. The average molecular weight is 338 g/mol. The third-order valence-electron chi connectivity index (χ3n) is 1.15. The standard InChI is InChI=1S/C7H4BrF3O2.BrH/c8-4-1-2-5(12)6(3-4)13-7(9,10)11;/h1-3,12H;1H. The molecule has 0 aliphatic rings. The fourth-order valence-corrected chi connectivity index (χ4v) is 1.03. The van der Waals surface area contributed by atoms with Crippen molar-refractivity contribution in [1.29, 1.82) is 0 Å². The van der Waals surface area contributed by atoms with Gasteiger partial charge in [-0.05, 0) is 18.2 Å². The van der Waals surface area contributed by atoms with E-state index in [1.165, 1.54) is 6.07 Å². The highest BCUT2D eigenvalue weighted by molar-refractivity contribution is 9.10. The van der Waals surface area contributed by atoms with Crippen LogP contribution >= 0.6 is 32.9 Å². The minimum Gasteiger partial charge on any atom is -0.504 e. The smallest absolute Gasteiger partial charge is 0.504 e. The van der Waals surface area contributed by atoms with E-state index in [4.69, 9.17) is 5.11 Å². The first-order chi connectivity index (χ1) is 5.88. The Balaban J connectivity index is 0.00000169. The number of phenols is 1. The SMILES string of the molecule is Br.Oc1ccc(Br)cc1OC(F)(F)F. The summed E-state index contributed by atoms with van der Waals surface area (Å²) in [5, 5.41) is 8.95. The number of phenolic OH excluding ortho intramolecular Hbond substituents is 1. The summed E-state index contributed by atoms with van der Waals surface area (Å²) in [6, 6.07) is 3.53. The van der Waals surface area contributed by atoms with Crippen molar-refractivity contribution < 1.29 is 23.0 Å². The van der Waals surface area contributed by atoms with Gasteiger partial charge < -0.3 is 9.84 Å². The van der Waals surface area contributed by atoms with Gasteiger partial charge in [0.05, 0.1) is 0 Å². The van der Waals surface area contributed by atoms with Gasteiger partial charge in [-0.25, -0.2) is 0 Å². The molecule has 0 aromatic heterocycles. The molecule has 14 heavy (non-hydrogen) atoms. The van der Waals surface area contributed by atoms with E-state index in [0.717, 1.165) is 12.1 Å². The van der Waals surface area contributed by atoms with Crippen molar-refractivity contribution in [2.45, 2.75) is 6.36 Å². The second-order valence-electron chi connectivity index (χ2n) is 2.16. The molecule has 0 unspecified atom stereocenters. The number of alkyl halides is 3. The molecule has 0 fully saturated rings. The number of rotatable bonds is 1. The third kappa shape index (κ3) is 4.19. The van der Waals surface area contributed by atoms with E-state index < -0.39 is 17.9 Å². The molecule has 0 saturated heterocycles. The molecule has 1 aromatic carbocycles. The molecule has 0 bridgehead atoms. The van der Waals surface area contributed by atoms with Crippen LogP contribution in [0.3, 0.4) is 0 Å². The highest BCUT2D eigenvalue weighted by Gasteiger charge is 2.32. The Morgan fingerprint density at radius 1 is 1.29 bits per heavy atom. The number of benzene rings is 1. The summed E-state index contributed by atoms with van der Waals surface area (Å²) < 4.78 is 39.0. The van der Waals surface area contributed by atoms with Gasteiger partial charge in [0, 0.05) is 4.47 Å². The minimum absolute atomic E-state index is 0. The van der Waals surface area contributed by atoms with Gasteiger partial charge in [0.25, 0.3) is 0 Å². The maximum absolute atomic E-state index is 11.7. The lowest BCUT2D eigenvalue weighted by Crippen LogP contribution is -2.17. The molecule has 2 nitrogen and oxygen atoms in total. The zero-order valence-corrected chi connectivity index (χ0v) is 9.81. The molecule has 1 rings (SSSR count). The van der Waals surface area contributed by atoms with Crippen LogP contribution in [0.15, 0.2) is 22.7 Å². The molecule has 0 radical (unpaired) electrons. The van der Waals surface area contributed by atoms with Gasteiger partial charge in [-0.1, -0.05) is 15.9 Å². The quantitative estimate of drug-likeness (QED) is 0.848. The van der Waals surface area contributed by atoms with Crippen LogP contribution in [0, 0.1) is 0 Å². The Morgan fingerprint density at radius 2 is 1.86 bits per heavy atom. The predicted molar refractivity (Wildman–Crippen MR) is 52.8 cm³/mol. The van der Waals surface area contributed by atoms with Crippen LogP contribution < -0.4 is 4.74 Å². The van der Waals surface area contributed by atoms with Crippen molar-refractivity contribution >= 4 is 32.9 Å². The summed E-state index contributed by atoms with van der Waals surface area (Å²) >= 11 is 2.95. The second kappa shape index (κ2) is 4.88. The summed E-state index contributed by atoms with van der Waals surface area (Å²) in [5.74, 6) is -1.18. The first-order valence-electron chi connectivity index (χ1n) is 3.13. The average Bonchev–Trinajstić information content (AvgIpc) is 1.94. The van der Waals surface area contributed by atoms with Gasteiger partial charge in [-0.15, -0.1) is 30.2 Å².